The fourth-order valence-corrected chi connectivity index (χ4v) is 8.76. The van der Waals surface area contributed by atoms with E-state index < -0.39 is 25.3 Å². The molecule has 0 N–H and O–H groups in total. The van der Waals surface area contributed by atoms with Crippen molar-refractivity contribution < 1.29 is 21.8 Å². The van der Waals surface area contributed by atoms with E-state index in [9.17, 15) is 0 Å². The minimum absolute atomic E-state index is 0.00282. The van der Waals surface area contributed by atoms with E-state index in [4.69, 9.17) is 28.3 Å². The van der Waals surface area contributed by atoms with Gasteiger partial charge >= 0.3 is 35.6 Å². The molecule has 0 saturated heterocycles. The molecule has 0 radical (unpaired) electrons. The molecule has 6 heteroatoms. The molecule has 32 heavy (non-hydrogen) atoms. The normalized spacial score (nSPS) is 14.1. The van der Waals surface area contributed by atoms with Gasteiger partial charge in [0.2, 0.25) is 0 Å². The average molecular weight is 532 g/mol. The van der Waals surface area contributed by atoms with E-state index >= 15 is 0 Å². The van der Waals surface area contributed by atoms with Crippen LogP contribution in [0.2, 0.25) is 12.6 Å². The number of fused-ring (bicyclic) bond motifs is 1. The van der Waals surface area contributed by atoms with Crippen LogP contribution in [0.25, 0.3) is 15.8 Å². The van der Waals surface area contributed by atoms with Crippen molar-refractivity contribution in [3.8, 4) is 0 Å². The molecule has 0 aliphatic carbocycles. The van der Waals surface area contributed by atoms with Crippen LogP contribution in [0.4, 0.5) is 0 Å². The molecule has 182 valence electrons. The molecule has 0 aliphatic rings. The van der Waals surface area contributed by atoms with Gasteiger partial charge in [-0.1, -0.05) is 79.4 Å². The zero-order chi connectivity index (χ0) is 24.6. The maximum atomic E-state index is 5.86. The summed E-state index contributed by atoms with van der Waals surface area (Å²) in [6.07, 6.45) is 4.93. The molecule has 0 fully saturated rings. The van der Waals surface area contributed by atoms with E-state index in [0.717, 1.165) is 13.0 Å². The minimum atomic E-state index is -1.93. The van der Waals surface area contributed by atoms with E-state index in [1.54, 1.807) is 5.19 Å². The third-order valence-electron chi connectivity index (χ3n) is 5.57. The van der Waals surface area contributed by atoms with Gasteiger partial charge in [-0.05, 0) is 34.1 Å². The van der Waals surface area contributed by atoms with Crippen LogP contribution < -0.4 is 5.19 Å². The second-order valence-corrected chi connectivity index (χ2v) is 17.4. The van der Waals surface area contributed by atoms with Crippen molar-refractivity contribution in [1.29, 1.82) is 0 Å². The quantitative estimate of drug-likeness (QED) is 0.180. The number of nitrogens with zero attached hydrogens (tertiary/aromatic N) is 1. The zero-order valence-electron chi connectivity index (χ0n) is 21.7. The van der Waals surface area contributed by atoms with E-state index in [0.29, 0.717) is 0 Å². The summed E-state index contributed by atoms with van der Waals surface area (Å²) in [7, 11) is 7.85. The van der Waals surface area contributed by atoms with Gasteiger partial charge in [0.05, 0.1) is 5.60 Å². The summed E-state index contributed by atoms with van der Waals surface area (Å²) < 4.78 is 5.86. The number of aryl methyl sites for hydroxylation is 2. The monoisotopic (exact) mass is 531 g/mol. The first-order valence-electron chi connectivity index (χ1n) is 11.7. The van der Waals surface area contributed by atoms with Crippen molar-refractivity contribution in [3.05, 3.63) is 40.4 Å². The Morgan fingerprint density at radius 3 is 2.12 bits per heavy atom. The molecule has 0 aromatic heterocycles. The van der Waals surface area contributed by atoms with Crippen LogP contribution in [0.3, 0.4) is 0 Å². The Labute approximate surface area is 215 Å². The van der Waals surface area contributed by atoms with Gasteiger partial charge in [0.15, 0.2) is 0 Å². The number of unbranched alkanes of at least 4 members (excludes halogenated alkanes) is 3. The van der Waals surface area contributed by atoms with Crippen molar-refractivity contribution in [2.45, 2.75) is 105 Å². The Bertz CT molecular complexity index is 826. The molecule has 0 saturated carbocycles. The molecule has 0 heterocycles. The SMILES string of the molecule is Cc1cccc2c1c(C)c[c-]2[Si](C)(CCCCCCOC(C)(C)C)[N-]C(C)(C)C.[Cl][Ti][Cl]. The van der Waals surface area contributed by atoms with Crippen molar-refractivity contribution >= 4 is 42.8 Å². The van der Waals surface area contributed by atoms with Crippen LogP contribution in [0, 0.1) is 13.8 Å². The van der Waals surface area contributed by atoms with Crippen LogP contribution >= 0.6 is 18.6 Å². The first-order valence-corrected chi connectivity index (χ1v) is 18.7. The third-order valence-corrected chi connectivity index (χ3v) is 9.64. The van der Waals surface area contributed by atoms with Gasteiger partial charge in [0.1, 0.15) is 0 Å². The first kappa shape index (κ1) is 30.3. The molecule has 2 rings (SSSR count). The number of rotatable bonds is 9. The van der Waals surface area contributed by atoms with Crippen molar-refractivity contribution in [2.75, 3.05) is 6.61 Å². The Kier molecular flexibility index (Phi) is 12.7. The second kappa shape index (κ2) is 13.4. The summed E-state index contributed by atoms with van der Waals surface area (Å²) in [5.41, 5.74) is 2.78. The van der Waals surface area contributed by atoms with Crippen LogP contribution in [0.15, 0.2) is 24.3 Å². The van der Waals surface area contributed by atoms with Crippen LogP contribution in [0.5, 0.6) is 0 Å². The zero-order valence-corrected chi connectivity index (χ0v) is 25.7. The molecule has 1 atom stereocenters. The molecule has 0 bridgehead atoms. The Hall–Kier alpha value is 0.261. The van der Waals surface area contributed by atoms with Gasteiger partial charge in [-0.15, -0.1) is 23.1 Å². The summed E-state index contributed by atoms with van der Waals surface area (Å²) in [6, 6.07) is 10.4. The van der Waals surface area contributed by atoms with Crippen molar-refractivity contribution in [1.82, 2.24) is 0 Å². The predicted octanol–water partition coefficient (Wildman–Crippen LogP) is 8.88. The third kappa shape index (κ3) is 10.3. The standard InChI is InChI=1S/C26H43NOSi.2ClH.Ti/c1-20-15-14-16-22-23(19-21(2)24(20)22)29(9,27-25(3,4)5)18-13-11-10-12-17-28-26(6,7)8;;;/h14-16,19H,10-13,17-18H2,1-9H3;2*1H;/q-2;;;+2/p-2. The predicted molar refractivity (Wildman–Crippen MR) is 144 cm³/mol. The molecule has 1 unspecified atom stereocenters. The maximum absolute atomic E-state index is 5.86. The molecule has 0 spiro atoms. The van der Waals surface area contributed by atoms with E-state index in [-0.39, 0.29) is 11.1 Å². The second-order valence-electron chi connectivity index (χ2n) is 11.0. The van der Waals surface area contributed by atoms with Gasteiger partial charge < -0.3 is 9.72 Å². The first-order chi connectivity index (χ1) is 14.7. The summed E-state index contributed by atoms with van der Waals surface area (Å²) in [4.78, 5) is 5.48. The van der Waals surface area contributed by atoms with E-state index in [2.05, 4.69) is 86.2 Å². The summed E-state index contributed by atoms with van der Waals surface area (Å²) in [5, 5.41) is 4.44. The Morgan fingerprint density at radius 2 is 1.56 bits per heavy atom. The molecule has 0 aliphatic heterocycles. The number of halogens is 2. The van der Waals surface area contributed by atoms with Gasteiger partial charge in [-0.3, -0.25) is 0 Å². The van der Waals surface area contributed by atoms with Crippen LogP contribution in [0.1, 0.15) is 78.4 Å². The molecule has 2 aromatic carbocycles. The van der Waals surface area contributed by atoms with Gasteiger partial charge in [-0.2, -0.15) is 22.2 Å². The summed E-state index contributed by atoms with van der Waals surface area (Å²) in [5.74, 6) is 0. The van der Waals surface area contributed by atoms with Crippen LogP contribution in [-0.2, 0) is 21.8 Å². The number of benzene rings is 1. The van der Waals surface area contributed by atoms with Crippen molar-refractivity contribution in [3.63, 3.8) is 0 Å². The Balaban J connectivity index is 0.00000161. The van der Waals surface area contributed by atoms with Gasteiger partial charge in [0, 0.05) is 6.61 Å². The fourth-order valence-electron chi connectivity index (χ4n) is 4.52. The van der Waals surface area contributed by atoms with Gasteiger partial charge in [-0.25, -0.2) is 0 Å². The fraction of sp³-hybridized carbons (Fsp3) is 0.654. The number of hydrogen-bond donors (Lipinski definition) is 0. The van der Waals surface area contributed by atoms with E-state index in [1.807, 2.05) is 0 Å². The number of ether oxygens (including phenoxy) is 1. The summed E-state index contributed by atoms with van der Waals surface area (Å²) in [6.45, 7) is 21.0. The molecule has 2 aromatic rings. The molecular weight excluding hydrogens is 489 g/mol. The average Bonchev–Trinajstić information content (AvgIpc) is 2.98. The molecule has 0 amide bonds. The van der Waals surface area contributed by atoms with Gasteiger partial charge in [0.25, 0.3) is 0 Å². The van der Waals surface area contributed by atoms with Crippen LogP contribution in [-0.4, -0.2) is 26.0 Å². The van der Waals surface area contributed by atoms with E-state index in [1.165, 1.54) is 47.2 Å². The number of hydrogen-bond acceptors (Lipinski definition) is 1. The topological polar surface area (TPSA) is 23.3 Å². The summed E-state index contributed by atoms with van der Waals surface area (Å²) >= 11 is -0.556. The van der Waals surface area contributed by atoms with Crippen molar-refractivity contribution in [2.24, 2.45) is 0 Å². The molecule has 2 nitrogen and oxygen atoms in total. The molecular formula is C26H43Cl2NOSiTi-2. The Morgan fingerprint density at radius 1 is 0.969 bits per heavy atom.